The molecule has 4 N–H and O–H groups in total. The number of thioether (sulfide) groups is 1. The SMILES string of the molecule is CCCCCC(C)Cn1c(SCc2nc(N)nc(N)n2)nnc1-c1ccc(Cl)cc1. The topological polar surface area (TPSA) is 121 Å². The van der Waals surface area contributed by atoms with Crippen LogP contribution in [0.25, 0.3) is 11.4 Å². The number of halogens is 1. The molecule has 2 aromatic heterocycles. The number of hydrogen-bond donors (Lipinski definition) is 2. The molecule has 8 nitrogen and oxygen atoms in total. The van der Waals surface area contributed by atoms with Crippen molar-refractivity contribution >= 4 is 35.3 Å². The van der Waals surface area contributed by atoms with Gasteiger partial charge in [0.05, 0.1) is 5.75 Å². The van der Waals surface area contributed by atoms with Gasteiger partial charge >= 0.3 is 0 Å². The largest absolute Gasteiger partial charge is 0.368 e. The van der Waals surface area contributed by atoms with Gasteiger partial charge in [-0.05, 0) is 36.6 Å². The summed E-state index contributed by atoms with van der Waals surface area (Å²) in [5, 5.41) is 10.4. The first-order valence-corrected chi connectivity index (χ1v) is 11.4. The first-order chi connectivity index (χ1) is 14.5. The molecule has 1 unspecified atom stereocenters. The average molecular weight is 447 g/mol. The number of unbranched alkanes of at least 4 members (excludes halogenated alkanes) is 2. The summed E-state index contributed by atoms with van der Waals surface area (Å²) in [7, 11) is 0. The molecule has 0 saturated carbocycles. The third-order valence-corrected chi connectivity index (χ3v) is 5.88. The van der Waals surface area contributed by atoms with Crippen LogP contribution in [0.15, 0.2) is 29.4 Å². The van der Waals surface area contributed by atoms with E-state index in [1.807, 2.05) is 24.3 Å². The number of nitrogen functional groups attached to an aromatic ring is 2. The third-order valence-electron chi connectivity index (χ3n) is 4.66. The van der Waals surface area contributed by atoms with Crippen LogP contribution in [0.5, 0.6) is 0 Å². The average Bonchev–Trinajstić information content (AvgIpc) is 3.09. The molecule has 3 rings (SSSR count). The summed E-state index contributed by atoms with van der Waals surface area (Å²) < 4.78 is 2.17. The Kier molecular flexibility index (Phi) is 7.87. The van der Waals surface area contributed by atoms with Gasteiger partial charge in [0.15, 0.2) is 11.0 Å². The fourth-order valence-corrected chi connectivity index (χ4v) is 4.10. The zero-order chi connectivity index (χ0) is 21.5. The van der Waals surface area contributed by atoms with E-state index >= 15 is 0 Å². The second kappa shape index (κ2) is 10.6. The Bertz CT molecular complexity index is 940. The van der Waals surface area contributed by atoms with Crippen LogP contribution >= 0.6 is 23.4 Å². The molecule has 1 aromatic carbocycles. The van der Waals surface area contributed by atoms with Crippen LogP contribution in [-0.2, 0) is 12.3 Å². The van der Waals surface area contributed by atoms with E-state index in [0.29, 0.717) is 22.5 Å². The zero-order valence-electron chi connectivity index (χ0n) is 17.3. The van der Waals surface area contributed by atoms with Gasteiger partial charge in [0.25, 0.3) is 0 Å². The lowest BCUT2D eigenvalue weighted by atomic mass is 10.0. The van der Waals surface area contributed by atoms with Crippen LogP contribution in [-0.4, -0.2) is 29.7 Å². The van der Waals surface area contributed by atoms with Crippen LogP contribution in [0.2, 0.25) is 5.02 Å². The standard InChI is InChI=1S/C20H27ClN8S/c1-3-4-5-6-13(2)11-29-17(14-7-9-15(21)10-8-14)27-28-20(29)30-12-16-24-18(22)26-19(23)25-16/h7-10,13H,3-6,11-12H2,1-2H3,(H4,22,23,24,25,26). The minimum atomic E-state index is 0.117. The van der Waals surface area contributed by atoms with Gasteiger partial charge in [-0.15, -0.1) is 10.2 Å². The van der Waals surface area contributed by atoms with Crippen molar-refractivity contribution in [3.8, 4) is 11.4 Å². The maximum absolute atomic E-state index is 6.06. The van der Waals surface area contributed by atoms with E-state index in [1.54, 1.807) is 0 Å². The molecule has 0 radical (unpaired) electrons. The van der Waals surface area contributed by atoms with E-state index in [2.05, 4.69) is 43.6 Å². The predicted octanol–water partition coefficient (Wildman–Crippen LogP) is 4.46. The highest BCUT2D eigenvalue weighted by Crippen LogP contribution is 2.28. The fraction of sp³-hybridized carbons (Fsp3) is 0.450. The van der Waals surface area contributed by atoms with Crippen LogP contribution in [0.1, 0.15) is 45.4 Å². The van der Waals surface area contributed by atoms with Crippen LogP contribution < -0.4 is 11.5 Å². The molecule has 0 aliphatic rings. The number of benzene rings is 1. The Labute approximate surface area is 185 Å². The molecule has 30 heavy (non-hydrogen) atoms. The van der Waals surface area contributed by atoms with E-state index in [-0.39, 0.29) is 11.9 Å². The summed E-state index contributed by atoms with van der Waals surface area (Å²) in [5.41, 5.74) is 12.3. The van der Waals surface area contributed by atoms with E-state index in [1.165, 1.54) is 31.0 Å². The maximum Gasteiger partial charge on any atom is 0.225 e. The Morgan fingerprint density at radius 3 is 2.40 bits per heavy atom. The summed E-state index contributed by atoms with van der Waals surface area (Å²) in [5.74, 6) is 2.55. The van der Waals surface area contributed by atoms with Gasteiger partial charge in [0.2, 0.25) is 11.9 Å². The van der Waals surface area contributed by atoms with E-state index in [9.17, 15) is 0 Å². The summed E-state index contributed by atoms with van der Waals surface area (Å²) in [6.45, 7) is 5.32. The van der Waals surface area contributed by atoms with Gasteiger partial charge in [-0.2, -0.15) is 15.0 Å². The summed E-state index contributed by atoms with van der Waals surface area (Å²) in [6, 6.07) is 7.66. The predicted molar refractivity (Wildman–Crippen MR) is 122 cm³/mol. The lowest BCUT2D eigenvalue weighted by Crippen LogP contribution is -2.11. The molecular formula is C20H27ClN8S. The van der Waals surface area contributed by atoms with Crippen molar-refractivity contribution < 1.29 is 0 Å². The van der Waals surface area contributed by atoms with Crippen LogP contribution in [0.4, 0.5) is 11.9 Å². The van der Waals surface area contributed by atoms with E-state index < -0.39 is 0 Å². The van der Waals surface area contributed by atoms with E-state index in [0.717, 1.165) is 29.5 Å². The molecule has 0 bridgehead atoms. The summed E-state index contributed by atoms with van der Waals surface area (Å²) >= 11 is 7.56. The third kappa shape index (κ3) is 6.06. The number of anilines is 2. The molecular weight excluding hydrogens is 420 g/mol. The molecule has 0 aliphatic carbocycles. The highest BCUT2D eigenvalue weighted by molar-refractivity contribution is 7.98. The molecule has 0 saturated heterocycles. The first-order valence-electron chi connectivity index (χ1n) is 10.0. The molecule has 160 valence electrons. The van der Waals surface area contributed by atoms with Crippen LogP contribution in [0.3, 0.4) is 0 Å². The van der Waals surface area contributed by atoms with Crippen molar-refractivity contribution in [1.82, 2.24) is 29.7 Å². The van der Waals surface area contributed by atoms with Crippen molar-refractivity contribution in [3.05, 3.63) is 35.1 Å². The molecule has 1 atom stereocenters. The van der Waals surface area contributed by atoms with Crippen molar-refractivity contribution in [3.63, 3.8) is 0 Å². The molecule has 2 heterocycles. The Morgan fingerprint density at radius 2 is 1.73 bits per heavy atom. The summed E-state index contributed by atoms with van der Waals surface area (Å²) in [6.07, 6.45) is 4.85. The van der Waals surface area contributed by atoms with Gasteiger partial charge in [0.1, 0.15) is 5.82 Å². The first kappa shape index (κ1) is 22.3. The number of nitrogens with two attached hydrogens (primary N) is 2. The van der Waals surface area contributed by atoms with Gasteiger partial charge in [-0.3, -0.25) is 0 Å². The minimum Gasteiger partial charge on any atom is -0.368 e. The molecule has 0 amide bonds. The zero-order valence-corrected chi connectivity index (χ0v) is 18.8. The molecule has 0 spiro atoms. The Hall–Kier alpha value is -2.39. The molecule has 0 aliphatic heterocycles. The van der Waals surface area contributed by atoms with Gasteiger partial charge in [0, 0.05) is 17.1 Å². The minimum absolute atomic E-state index is 0.117. The van der Waals surface area contributed by atoms with E-state index in [4.69, 9.17) is 23.1 Å². The smallest absolute Gasteiger partial charge is 0.225 e. The fourth-order valence-electron chi connectivity index (χ4n) is 3.17. The molecule has 3 aromatic rings. The number of hydrogen-bond acceptors (Lipinski definition) is 8. The second-order valence-electron chi connectivity index (χ2n) is 7.28. The van der Waals surface area contributed by atoms with Gasteiger partial charge in [-0.25, -0.2) is 0 Å². The van der Waals surface area contributed by atoms with Crippen molar-refractivity contribution in [2.45, 2.75) is 57.0 Å². The lowest BCUT2D eigenvalue weighted by molar-refractivity contribution is 0.417. The van der Waals surface area contributed by atoms with Crippen molar-refractivity contribution in [2.75, 3.05) is 11.5 Å². The highest BCUT2D eigenvalue weighted by Gasteiger charge is 2.17. The number of nitrogens with zero attached hydrogens (tertiary/aromatic N) is 6. The maximum atomic E-state index is 6.06. The monoisotopic (exact) mass is 446 g/mol. The highest BCUT2D eigenvalue weighted by atomic mass is 35.5. The van der Waals surface area contributed by atoms with Crippen LogP contribution in [0, 0.1) is 5.92 Å². The number of aromatic nitrogens is 6. The van der Waals surface area contributed by atoms with Crippen molar-refractivity contribution in [2.24, 2.45) is 5.92 Å². The molecule has 10 heteroatoms. The number of rotatable bonds is 10. The van der Waals surface area contributed by atoms with Gasteiger partial charge < -0.3 is 16.0 Å². The molecule has 0 fully saturated rings. The second-order valence-corrected chi connectivity index (χ2v) is 8.66. The quantitative estimate of drug-likeness (QED) is 0.345. The van der Waals surface area contributed by atoms with Gasteiger partial charge in [-0.1, -0.05) is 56.5 Å². The summed E-state index contributed by atoms with van der Waals surface area (Å²) in [4.78, 5) is 12.1. The Balaban J connectivity index is 1.83. The Morgan fingerprint density at radius 1 is 1.03 bits per heavy atom. The van der Waals surface area contributed by atoms with Crippen molar-refractivity contribution in [1.29, 1.82) is 0 Å². The normalized spacial score (nSPS) is 12.2. The lowest BCUT2D eigenvalue weighted by Gasteiger charge is -2.16.